The maximum Gasteiger partial charge on any atom is 0.0505 e. The second kappa shape index (κ2) is 3.35. The molecule has 72 valence electrons. The number of hydrogen-bond donors (Lipinski definition) is 2. The molecule has 2 rings (SSSR count). The third-order valence-electron chi connectivity index (χ3n) is 2.93. The average molecular weight is 262 g/mol. The molecular weight excluding hydrogens is 250 g/mol. The zero-order valence-corrected chi connectivity index (χ0v) is 9.57. The fourth-order valence-electron chi connectivity index (χ4n) is 1.79. The second-order valence-corrected chi connectivity index (χ2v) is 5.25. The Morgan fingerprint density at radius 1 is 1.69 bits per heavy atom. The first-order chi connectivity index (χ1) is 6.23. The molecule has 1 heterocycles. The first-order valence-electron chi connectivity index (χ1n) is 4.26. The standard InChI is InChI=1S/C9H12BrNOS/c10-8-3-13-2-6(8)7-1-9(7,4-11)5-12/h2-3,7,12H,1,4-5,11H2. The number of rotatable bonds is 3. The Bertz CT molecular complexity index is 308. The van der Waals surface area contributed by atoms with E-state index in [1.165, 1.54) is 5.56 Å². The molecular formula is C9H12BrNOS. The van der Waals surface area contributed by atoms with Crippen molar-refractivity contribution in [2.75, 3.05) is 13.2 Å². The summed E-state index contributed by atoms with van der Waals surface area (Å²) in [7, 11) is 0. The molecule has 1 fully saturated rings. The Hall–Kier alpha value is 0.100. The third-order valence-corrected chi connectivity index (χ3v) is 4.68. The molecule has 2 unspecified atom stereocenters. The van der Waals surface area contributed by atoms with Crippen molar-refractivity contribution in [3.8, 4) is 0 Å². The Morgan fingerprint density at radius 2 is 2.46 bits per heavy atom. The molecule has 1 aliphatic rings. The maximum atomic E-state index is 9.22. The van der Waals surface area contributed by atoms with Gasteiger partial charge in [-0.25, -0.2) is 0 Å². The molecule has 1 aromatic heterocycles. The van der Waals surface area contributed by atoms with Gasteiger partial charge >= 0.3 is 0 Å². The normalized spacial score (nSPS) is 32.1. The lowest BCUT2D eigenvalue weighted by atomic mass is 10.0. The predicted octanol–water partition coefficient (Wildman–Crippen LogP) is 1.94. The van der Waals surface area contributed by atoms with E-state index in [4.69, 9.17) is 5.73 Å². The van der Waals surface area contributed by atoms with Crippen LogP contribution in [0.5, 0.6) is 0 Å². The van der Waals surface area contributed by atoms with E-state index in [2.05, 4.69) is 26.7 Å². The van der Waals surface area contributed by atoms with E-state index >= 15 is 0 Å². The van der Waals surface area contributed by atoms with Crippen LogP contribution in [-0.4, -0.2) is 18.3 Å². The van der Waals surface area contributed by atoms with Crippen LogP contribution in [0.4, 0.5) is 0 Å². The largest absolute Gasteiger partial charge is 0.396 e. The van der Waals surface area contributed by atoms with Crippen LogP contribution in [0.25, 0.3) is 0 Å². The lowest BCUT2D eigenvalue weighted by Crippen LogP contribution is -2.21. The lowest BCUT2D eigenvalue weighted by Gasteiger charge is -2.10. The van der Waals surface area contributed by atoms with Gasteiger partial charge in [0, 0.05) is 21.8 Å². The number of thiophene rings is 1. The summed E-state index contributed by atoms with van der Waals surface area (Å²) in [6, 6.07) is 0. The molecule has 0 amide bonds. The third kappa shape index (κ3) is 1.46. The van der Waals surface area contributed by atoms with Crippen molar-refractivity contribution in [1.82, 2.24) is 0 Å². The lowest BCUT2D eigenvalue weighted by molar-refractivity contribution is 0.211. The van der Waals surface area contributed by atoms with Crippen molar-refractivity contribution in [2.24, 2.45) is 11.1 Å². The molecule has 1 saturated carbocycles. The van der Waals surface area contributed by atoms with Crippen LogP contribution in [0, 0.1) is 5.41 Å². The van der Waals surface area contributed by atoms with Crippen molar-refractivity contribution in [1.29, 1.82) is 0 Å². The fraction of sp³-hybridized carbons (Fsp3) is 0.556. The van der Waals surface area contributed by atoms with E-state index in [9.17, 15) is 5.11 Å². The average Bonchev–Trinajstić information content (AvgIpc) is 2.74. The van der Waals surface area contributed by atoms with Gasteiger partial charge in [-0.15, -0.1) is 0 Å². The molecule has 0 aromatic carbocycles. The van der Waals surface area contributed by atoms with Crippen molar-refractivity contribution in [3.05, 3.63) is 20.8 Å². The van der Waals surface area contributed by atoms with Crippen molar-refractivity contribution >= 4 is 27.3 Å². The first-order valence-corrected chi connectivity index (χ1v) is 5.99. The minimum atomic E-state index is -0.0242. The Labute approximate surface area is 89.9 Å². The van der Waals surface area contributed by atoms with E-state index in [0.29, 0.717) is 12.5 Å². The second-order valence-electron chi connectivity index (χ2n) is 3.66. The predicted molar refractivity (Wildman–Crippen MR) is 58.0 cm³/mol. The fourth-order valence-corrected chi connectivity index (χ4v) is 3.42. The highest BCUT2D eigenvalue weighted by Gasteiger charge is 2.54. The summed E-state index contributed by atoms with van der Waals surface area (Å²) in [5.74, 6) is 0.461. The summed E-state index contributed by atoms with van der Waals surface area (Å²) < 4.78 is 1.16. The Kier molecular flexibility index (Phi) is 2.49. The van der Waals surface area contributed by atoms with Gasteiger partial charge in [0.15, 0.2) is 0 Å². The molecule has 0 spiro atoms. The number of nitrogens with two attached hydrogens (primary N) is 1. The number of halogens is 1. The summed E-state index contributed by atoms with van der Waals surface area (Å²) in [6.45, 7) is 0.785. The van der Waals surface area contributed by atoms with E-state index in [0.717, 1.165) is 10.9 Å². The van der Waals surface area contributed by atoms with Crippen LogP contribution in [0.3, 0.4) is 0 Å². The van der Waals surface area contributed by atoms with Gasteiger partial charge in [0.05, 0.1) is 6.61 Å². The summed E-state index contributed by atoms with van der Waals surface area (Å²) in [5, 5.41) is 13.4. The molecule has 1 aromatic rings. The minimum absolute atomic E-state index is 0.0242. The van der Waals surface area contributed by atoms with Crippen LogP contribution >= 0.6 is 27.3 Å². The molecule has 0 radical (unpaired) electrons. The molecule has 0 saturated heterocycles. The molecule has 13 heavy (non-hydrogen) atoms. The van der Waals surface area contributed by atoms with Crippen LogP contribution in [0.1, 0.15) is 17.9 Å². The quantitative estimate of drug-likeness (QED) is 0.874. The SMILES string of the molecule is NCC1(CO)CC1c1cscc1Br. The Balaban J connectivity index is 2.19. The molecule has 3 N–H and O–H groups in total. The molecule has 0 bridgehead atoms. The van der Waals surface area contributed by atoms with Gasteiger partial charge in [0.2, 0.25) is 0 Å². The molecule has 0 aliphatic heterocycles. The van der Waals surface area contributed by atoms with Crippen molar-refractivity contribution < 1.29 is 5.11 Å². The molecule has 1 aliphatic carbocycles. The summed E-state index contributed by atoms with van der Waals surface area (Å²) in [4.78, 5) is 0. The first kappa shape index (κ1) is 9.65. The summed E-state index contributed by atoms with van der Waals surface area (Å²) >= 11 is 5.19. The smallest absolute Gasteiger partial charge is 0.0505 e. The van der Waals surface area contributed by atoms with E-state index < -0.39 is 0 Å². The van der Waals surface area contributed by atoms with Gasteiger partial charge in [0.1, 0.15) is 0 Å². The van der Waals surface area contributed by atoms with Crippen molar-refractivity contribution in [3.63, 3.8) is 0 Å². The minimum Gasteiger partial charge on any atom is -0.396 e. The number of aliphatic hydroxyl groups excluding tert-OH is 1. The molecule has 2 nitrogen and oxygen atoms in total. The summed E-state index contributed by atoms with van der Waals surface area (Å²) in [6.07, 6.45) is 1.02. The van der Waals surface area contributed by atoms with Crippen LogP contribution in [-0.2, 0) is 0 Å². The van der Waals surface area contributed by atoms with Gasteiger partial charge in [0.25, 0.3) is 0 Å². The van der Waals surface area contributed by atoms with E-state index in [-0.39, 0.29) is 12.0 Å². The van der Waals surface area contributed by atoms with Gasteiger partial charge in [-0.1, -0.05) is 0 Å². The van der Waals surface area contributed by atoms with Gasteiger partial charge in [-0.3, -0.25) is 0 Å². The highest BCUT2D eigenvalue weighted by molar-refractivity contribution is 9.10. The molecule has 4 heteroatoms. The zero-order valence-electron chi connectivity index (χ0n) is 7.16. The highest BCUT2D eigenvalue weighted by atomic mass is 79.9. The highest BCUT2D eigenvalue weighted by Crippen LogP contribution is 2.59. The number of aliphatic hydroxyl groups is 1. The topological polar surface area (TPSA) is 46.2 Å². The van der Waals surface area contributed by atoms with Crippen molar-refractivity contribution in [2.45, 2.75) is 12.3 Å². The van der Waals surface area contributed by atoms with Crippen LogP contribution in [0.2, 0.25) is 0 Å². The monoisotopic (exact) mass is 261 g/mol. The van der Waals surface area contributed by atoms with Crippen LogP contribution < -0.4 is 5.73 Å². The summed E-state index contributed by atoms with van der Waals surface area (Å²) in [5.41, 5.74) is 6.94. The van der Waals surface area contributed by atoms with E-state index in [1.54, 1.807) is 11.3 Å². The van der Waals surface area contributed by atoms with Crippen LogP contribution in [0.15, 0.2) is 15.2 Å². The van der Waals surface area contributed by atoms with Gasteiger partial charge in [-0.05, 0) is 39.2 Å². The van der Waals surface area contributed by atoms with E-state index in [1.807, 2.05) is 0 Å². The molecule has 2 atom stereocenters. The maximum absolute atomic E-state index is 9.22. The van der Waals surface area contributed by atoms with Gasteiger partial charge < -0.3 is 10.8 Å². The number of hydrogen-bond acceptors (Lipinski definition) is 3. The van der Waals surface area contributed by atoms with Gasteiger partial charge in [-0.2, -0.15) is 11.3 Å². The Morgan fingerprint density at radius 3 is 2.85 bits per heavy atom. The zero-order chi connectivity index (χ0) is 9.47.